The zero-order chi connectivity index (χ0) is 14.8. The number of imidazole rings is 1. The molecule has 2 atom stereocenters. The van der Waals surface area contributed by atoms with Crippen LogP contribution in [0.25, 0.3) is 11.2 Å². The molecule has 2 aromatic rings. The molecule has 0 aliphatic carbocycles. The Labute approximate surface area is 119 Å². The maximum atomic E-state index is 8.59. The molecule has 2 aromatic heterocycles. The number of nitrogens with two attached hydrogens (primary N) is 1. The van der Waals surface area contributed by atoms with Gasteiger partial charge in [0.2, 0.25) is 0 Å². The van der Waals surface area contributed by atoms with Gasteiger partial charge in [-0.2, -0.15) is 0 Å². The Balaban J connectivity index is 1.68. The highest BCUT2D eigenvalue weighted by Crippen LogP contribution is 2.28. The third kappa shape index (κ3) is 3.00. The SMILES string of the molecule is Nc1ncnc2c1ncn2C1C=CC(OCOP(O)O)O1. The fourth-order valence-corrected chi connectivity index (χ4v) is 2.02. The highest BCUT2D eigenvalue weighted by Gasteiger charge is 2.23. The second-order valence-electron chi connectivity index (χ2n) is 4.03. The molecule has 112 valence electrons. The quantitative estimate of drug-likeness (QED) is 0.396. The maximum absolute atomic E-state index is 8.59. The van der Waals surface area contributed by atoms with Crippen LogP contribution in [0.3, 0.4) is 0 Å². The third-order valence-electron chi connectivity index (χ3n) is 2.77. The zero-order valence-electron chi connectivity index (χ0n) is 10.6. The minimum absolute atomic E-state index is 0.291. The third-order valence-corrected chi connectivity index (χ3v) is 3.10. The van der Waals surface area contributed by atoms with Gasteiger partial charge in [-0.1, -0.05) is 0 Å². The van der Waals surface area contributed by atoms with Gasteiger partial charge in [0, 0.05) is 0 Å². The van der Waals surface area contributed by atoms with Crippen LogP contribution >= 0.6 is 8.60 Å². The van der Waals surface area contributed by atoms with Crippen molar-refractivity contribution < 1.29 is 23.8 Å². The molecular weight excluding hydrogens is 301 g/mol. The van der Waals surface area contributed by atoms with Crippen LogP contribution in [-0.4, -0.2) is 42.4 Å². The van der Waals surface area contributed by atoms with Gasteiger partial charge >= 0.3 is 8.60 Å². The Morgan fingerprint density at radius 2 is 2.19 bits per heavy atom. The molecule has 1 aliphatic rings. The van der Waals surface area contributed by atoms with Crippen LogP contribution in [0.15, 0.2) is 24.8 Å². The number of hydrogen-bond donors (Lipinski definition) is 3. The van der Waals surface area contributed by atoms with Crippen molar-refractivity contribution in [1.29, 1.82) is 0 Å². The molecule has 4 N–H and O–H groups in total. The number of aromatic nitrogens is 4. The summed E-state index contributed by atoms with van der Waals surface area (Å²) in [4.78, 5) is 29.3. The Kier molecular flexibility index (Phi) is 4.06. The number of hydrogen-bond acceptors (Lipinski definition) is 9. The van der Waals surface area contributed by atoms with Crippen molar-refractivity contribution >= 4 is 25.6 Å². The Hall–Kier alpha value is -1.68. The van der Waals surface area contributed by atoms with E-state index in [0.717, 1.165) is 0 Å². The molecule has 0 aromatic carbocycles. The van der Waals surface area contributed by atoms with E-state index in [2.05, 4.69) is 19.5 Å². The summed E-state index contributed by atoms with van der Waals surface area (Å²) in [5.74, 6) is 0.293. The van der Waals surface area contributed by atoms with E-state index in [4.69, 9.17) is 25.0 Å². The van der Waals surface area contributed by atoms with Crippen LogP contribution in [0.1, 0.15) is 6.23 Å². The standard InChI is InChI=1S/C10H12N5O5P/c11-9-8-10(13-3-12-9)15(4-14-8)6-1-2-7(20-6)18-5-19-21(16)17/h1-4,6-7,16-17H,5H2,(H2,11,12,13). The summed E-state index contributed by atoms with van der Waals surface area (Å²) in [6, 6.07) is 0. The lowest BCUT2D eigenvalue weighted by atomic mass is 10.4. The topological polar surface area (TPSA) is 138 Å². The lowest BCUT2D eigenvalue weighted by Gasteiger charge is -2.15. The van der Waals surface area contributed by atoms with Gasteiger partial charge in [0.15, 0.2) is 30.8 Å². The Morgan fingerprint density at radius 3 is 3.00 bits per heavy atom. The van der Waals surface area contributed by atoms with E-state index < -0.39 is 21.1 Å². The molecule has 0 saturated heterocycles. The van der Waals surface area contributed by atoms with E-state index in [0.29, 0.717) is 17.0 Å². The van der Waals surface area contributed by atoms with Crippen molar-refractivity contribution in [2.75, 3.05) is 12.5 Å². The number of anilines is 1. The Morgan fingerprint density at radius 1 is 1.33 bits per heavy atom. The molecule has 11 heteroatoms. The predicted molar refractivity (Wildman–Crippen MR) is 71.2 cm³/mol. The van der Waals surface area contributed by atoms with Crippen molar-refractivity contribution in [2.24, 2.45) is 0 Å². The first-order chi connectivity index (χ1) is 10.1. The van der Waals surface area contributed by atoms with Gasteiger partial charge in [0.1, 0.15) is 11.8 Å². The van der Waals surface area contributed by atoms with E-state index in [1.165, 1.54) is 6.33 Å². The largest absolute Gasteiger partial charge is 0.382 e. The molecule has 21 heavy (non-hydrogen) atoms. The Bertz CT molecular complexity index is 662. The molecule has 0 saturated carbocycles. The number of nitrogen functional groups attached to an aromatic ring is 1. The summed E-state index contributed by atoms with van der Waals surface area (Å²) in [5, 5.41) is 0. The van der Waals surface area contributed by atoms with Crippen LogP contribution in [-0.2, 0) is 14.0 Å². The van der Waals surface area contributed by atoms with Gasteiger partial charge in [-0.3, -0.25) is 9.09 Å². The maximum Gasteiger partial charge on any atom is 0.329 e. The zero-order valence-corrected chi connectivity index (χ0v) is 11.5. The molecule has 3 heterocycles. The highest BCUT2D eigenvalue weighted by molar-refractivity contribution is 7.39. The van der Waals surface area contributed by atoms with Crippen LogP contribution in [0.4, 0.5) is 5.82 Å². The molecule has 0 bridgehead atoms. The normalized spacial score (nSPS) is 21.7. The van der Waals surface area contributed by atoms with Crippen LogP contribution in [0.5, 0.6) is 0 Å². The molecule has 1 aliphatic heterocycles. The van der Waals surface area contributed by atoms with Crippen molar-refractivity contribution in [3.8, 4) is 0 Å². The van der Waals surface area contributed by atoms with Crippen LogP contribution in [0.2, 0.25) is 0 Å². The van der Waals surface area contributed by atoms with Gasteiger partial charge < -0.3 is 25.0 Å². The summed E-state index contributed by atoms with van der Waals surface area (Å²) in [6.45, 7) is -0.291. The molecule has 10 nitrogen and oxygen atoms in total. The monoisotopic (exact) mass is 313 g/mol. The predicted octanol–water partition coefficient (Wildman–Crippen LogP) is 0.0218. The molecule has 3 rings (SSSR count). The minimum Gasteiger partial charge on any atom is -0.382 e. The fraction of sp³-hybridized carbons (Fsp3) is 0.300. The molecule has 0 amide bonds. The first-order valence-electron chi connectivity index (χ1n) is 5.84. The van der Waals surface area contributed by atoms with Gasteiger partial charge in [0.25, 0.3) is 0 Å². The number of ether oxygens (including phenoxy) is 2. The fourth-order valence-electron chi connectivity index (χ4n) is 1.87. The van der Waals surface area contributed by atoms with Gasteiger partial charge in [-0.05, 0) is 12.2 Å². The first kappa shape index (κ1) is 14.3. The average Bonchev–Trinajstić information content (AvgIpc) is 3.05. The second kappa shape index (κ2) is 5.98. The lowest BCUT2D eigenvalue weighted by Crippen LogP contribution is -2.16. The smallest absolute Gasteiger partial charge is 0.329 e. The molecule has 0 fully saturated rings. The van der Waals surface area contributed by atoms with Gasteiger partial charge in [0.05, 0.1) is 6.33 Å². The number of rotatable bonds is 5. The lowest BCUT2D eigenvalue weighted by molar-refractivity contribution is -0.166. The highest BCUT2D eigenvalue weighted by atomic mass is 31.2. The van der Waals surface area contributed by atoms with Gasteiger partial charge in [-0.15, -0.1) is 0 Å². The summed E-state index contributed by atoms with van der Waals surface area (Å²) < 4.78 is 16.9. The van der Waals surface area contributed by atoms with Crippen molar-refractivity contribution in [3.05, 3.63) is 24.8 Å². The summed E-state index contributed by atoms with van der Waals surface area (Å²) >= 11 is 0. The molecule has 0 spiro atoms. The van der Waals surface area contributed by atoms with Gasteiger partial charge in [-0.25, -0.2) is 15.0 Å². The second-order valence-corrected chi connectivity index (χ2v) is 4.79. The van der Waals surface area contributed by atoms with E-state index in [9.17, 15) is 0 Å². The number of nitrogens with zero attached hydrogens (tertiary/aromatic N) is 4. The minimum atomic E-state index is -2.45. The molecule has 0 radical (unpaired) electrons. The van der Waals surface area contributed by atoms with Crippen LogP contribution < -0.4 is 5.73 Å². The molecular formula is C10H12N5O5P. The number of fused-ring (bicyclic) bond motifs is 1. The van der Waals surface area contributed by atoms with Crippen LogP contribution in [0, 0.1) is 0 Å². The van der Waals surface area contributed by atoms with E-state index in [-0.39, 0.29) is 6.79 Å². The summed E-state index contributed by atoms with van der Waals surface area (Å²) in [5.41, 5.74) is 6.76. The average molecular weight is 313 g/mol. The van der Waals surface area contributed by atoms with E-state index in [1.807, 2.05) is 0 Å². The van der Waals surface area contributed by atoms with Crippen molar-refractivity contribution in [1.82, 2.24) is 19.5 Å². The summed E-state index contributed by atoms with van der Waals surface area (Å²) in [6.07, 6.45) is 5.19. The summed E-state index contributed by atoms with van der Waals surface area (Å²) in [7, 11) is -2.45. The first-order valence-corrected chi connectivity index (χ1v) is 7.01. The van der Waals surface area contributed by atoms with E-state index in [1.54, 1.807) is 23.0 Å². The van der Waals surface area contributed by atoms with Crippen molar-refractivity contribution in [2.45, 2.75) is 12.5 Å². The van der Waals surface area contributed by atoms with Crippen molar-refractivity contribution in [3.63, 3.8) is 0 Å². The van der Waals surface area contributed by atoms with E-state index >= 15 is 0 Å². The molecule has 2 unspecified atom stereocenters.